The Hall–Kier alpha value is -0.970. The van der Waals surface area contributed by atoms with Crippen molar-refractivity contribution in [3.63, 3.8) is 0 Å². The van der Waals surface area contributed by atoms with Crippen LogP contribution in [0, 0.1) is 5.82 Å². The molecule has 1 aromatic carbocycles. The lowest BCUT2D eigenvalue weighted by atomic mass is 10.0. The highest BCUT2D eigenvalue weighted by molar-refractivity contribution is 9.10. The molecule has 0 aliphatic carbocycles. The van der Waals surface area contributed by atoms with Crippen LogP contribution in [0.2, 0.25) is 5.02 Å². The van der Waals surface area contributed by atoms with Gasteiger partial charge in [0.1, 0.15) is 5.82 Å². The minimum Gasteiger partial charge on any atom is -0.305 e. The second-order valence-corrected chi connectivity index (χ2v) is 5.29. The minimum absolute atomic E-state index is 0.247. The summed E-state index contributed by atoms with van der Waals surface area (Å²) in [6.07, 6.45) is 1.71. The molecule has 0 bridgehead atoms. The molecule has 1 aromatic heterocycles. The summed E-state index contributed by atoms with van der Waals surface area (Å²) in [5.41, 5.74) is 1.47. The van der Waals surface area contributed by atoms with Gasteiger partial charge < -0.3 is 5.32 Å². The van der Waals surface area contributed by atoms with E-state index >= 15 is 0 Å². The van der Waals surface area contributed by atoms with Gasteiger partial charge in [0.25, 0.3) is 0 Å². The molecule has 100 valence electrons. The number of hydrogen-bond donors (Lipinski definition) is 1. The van der Waals surface area contributed by atoms with Gasteiger partial charge in [0.05, 0.1) is 11.7 Å². The van der Waals surface area contributed by atoms with E-state index < -0.39 is 0 Å². The van der Waals surface area contributed by atoms with Gasteiger partial charge in [-0.15, -0.1) is 0 Å². The third-order valence-corrected chi connectivity index (χ3v) is 3.75. The Bertz CT molecular complexity index is 577. The maximum Gasteiger partial charge on any atom is 0.123 e. The summed E-state index contributed by atoms with van der Waals surface area (Å²) >= 11 is 9.65. The smallest absolute Gasteiger partial charge is 0.123 e. The van der Waals surface area contributed by atoms with Crippen LogP contribution >= 0.6 is 27.5 Å². The highest BCUT2D eigenvalue weighted by Crippen LogP contribution is 2.31. The van der Waals surface area contributed by atoms with Crippen LogP contribution in [0.1, 0.15) is 24.2 Å². The molecule has 0 fully saturated rings. The molecule has 0 spiro atoms. The molecule has 0 aliphatic heterocycles. The number of rotatable bonds is 4. The van der Waals surface area contributed by atoms with Gasteiger partial charge in [0.2, 0.25) is 0 Å². The van der Waals surface area contributed by atoms with E-state index in [0.717, 1.165) is 16.7 Å². The number of benzene rings is 1. The number of nitrogens with zero attached hydrogens (tertiary/aromatic N) is 1. The Labute approximate surface area is 125 Å². The van der Waals surface area contributed by atoms with Crippen LogP contribution in [0.15, 0.2) is 41.0 Å². The molecule has 0 amide bonds. The first kappa shape index (κ1) is 14.4. The van der Waals surface area contributed by atoms with Gasteiger partial charge in [0, 0.05) is 15.7 Å². The van der Waals surface area contributed by atoms with Crippen molar-refractivity contribution >= 4 is 27.5 Å². The number of halogens is 3. The Morgan fingerprint density at radius 2 is 2.21 bits per heavy atom. The van der Waals surface area contributed by atoms with Gasteiger partial charge in [-0.25, -0.2) is 4.39 Å². The predicted octanol–water partition coefficient (Wildman–Crippen LogP) is 4.34. The van der Waals surface area contributed by atoms with Crippen molar-refractivity contribution in [2.24, 2.45) is 0 Å². The normalized spacial score (nSPS) is 12.4. The monoisotopic (exact) mass is 342 g/mol. The number of nitrogens with one attached hydrogen (secondary N) is 1. The standard InChI is InChI=1S/C14H13BrClFN2/c1-2-18-13(14-11(15)4-3-7-19-14)10-8-9(17)5-6-12(10)16/h3-8,13,18H,2H2,1H3. The molecular formula is C14H13BrClFN2. The van der Waals surface area contributed by atoms with E-state index in [-0.39, 0.29) is 11.9 Å². The minimum atomic E-state index is -0.311. The quantitative estimate of drug-likeness (QED) is 0.893. The van der Waals surface area contributed by atoms with Crippen LogP contribution in [-0.4, -0.2) is 11.5 Å². The molecular weight excluding hydrogens is 331 g/mol. The fourth-order valence-electron chi connectivity index (χ4n) is 1.90. The van der Waals surface area contributed by atoms with E-state index in [4.69, 9.17) is 11.6 Å². The first-order valence-corrected chi connectivity index (χ1v) is 7.09. The predicted molar refractivity (Wildman–Crippen MR) is 78.9 cm³/mol. The molecule has 0 radical (unpaired) electrons. The number of aromatic nitrogens is 1. The van der Waals surface area contributed by atoms with E-state index in [0.29, 0.717) is 10.6 Å². The van der Waals surface area contributed by atoms with Crippen molar-refractivity contribution in [1.29, 1.82) is 0 Å². The summed E-state index contributed by atoms with van der Waals surface area (Å²) in [6.45, 7) is 2.71. The summed E-state index contributed by atoms with van der Waals surface area (Å²) < 4.78 is 14.3. The Kier molecular flexibility index (Phi) is 4.91. The van der Waals surface area contributed by atoms with Crippen molar-refractivity contribution in [1.82, 2.24) is 10.3 Å². The molecule has 1 unspecified atom stereocenters. The first-order chi connectivity index (χ1) is 9.13. The molecule has 1 N–H and O–H groups in total. The second-order valence-electron chi connectivity index (χ2n) is 4.03. The molecule has 1 heterocycles. The van der Waals surface area contributed by atoms with Crippen molar-refractivity contribution in [2.45, 2.75) is 13.0 Å². The zero-order valence-corrected chi connectivity index (χ0v) is 12.7. The maximum absolute atomic E-state index is 13.4. The van der Waals surface area contributed by atoms with Gasteiger partial charge in [0.15, 0.2) is 0 Å². The number of hydrogen-bond acceptors (Lipinski definition) is 2. The van der Waals surface area contributed by atoms with E-state index in [1.807, 2.05) is 19.1 Å². The van der Waals surface area contributed by atoms with Crippen molar-refractivity contribution in [3.05, 3.63) is 63.1 Å². The maximum atomic E-state index is 13.4. The summed E-state index contributed by atoms with van der Waals surface area (Å²) in [5, 5.41) is 3.80. The lowest BCUT2D eigenvalue weighted by Gasteiger charge is -2.20. The average Bonchev–Trinajstić information content (AvgIpc) is 2.40. The molecule has 5 heteroatoms. The molecule has 2 nitrogen and oxygen atoms in total. The van der Waals surface area contributed by atoms with E-state index in [1.165, 1.54) is 12.1 Å². The molecule has 2 rings (SSSR count). The topological polar surface area (TPSA) is 24.9 Å². The lowest BCUT2D eigenvalue weighted by molar-refractivity contribution is 0.594. The van der Waals surface area contributed by atoms with Crippen LogP contribution in [-0.2, 0) is 0 Å². The fourth-order valence-corrected chi connectivity index (χ4v) is 2.61. The summed E-state index contributed by atoms with van der Waals surface area (Å²) in [4.78, 5) is 4.35. The molecule has 0 saturated heterocycles. The van der Waals surface area contributed by atoms with Gasteiger partial charge in [-0.3, -0.25) is 4.98 Å². The van der Waals surface area contributed by atoms with Crippen LogP contribution in [0.25, 0.3) is 0 Å². The van der Waals surface area contributed by atoms with Gasteiger partial charge in [-0.1, -0.05) is 18.5 Å². The second kappa shape index (κ2) is 6.46. The zero-order valence-electron chi connectivity index (χ0n) is 10.3. The molecule has 2 aromatic rings. The van der Waals surface area contributed by atoms with Crippen LogP contribution in [0.3, 0.4) is 0 Å². The number of pyridine rings is 1. The highest BCUT2D eigenvalue weighted by Gasteiger charge is 2.20. The third kappa shape index (κ3) is 3.32. The first-order valence-electron chi connectivity index (χ1n) is 5.92. The summed E-state index contributed by atoms with van der Waals surface area (Å²) in [7, 11) is 0. The van der Waals surface area contributed by atoms with Crippen molar-refractivity contribution < 1.29 is 4.39 Å². The van der Waals surface area contributed by atoms with Gasteiger partial charge in [-0.05, 0) is 58.4 Å². The van der Waals surface area contributed by atoms with E-state index in [1.54, 1.807) is 12.3 Å². The Morgan fingerprint density at radius 1 is 1.42 bits per heavy atom. The Morgan fingerprint density at radius 3 is 2.89 bits per heavy atom. The largest absolute Gasteiger partial charge is 0.305 e. The molecule has 0 saturated carbocycles. The van der Waals surface area contributed by atoms with E-state index in [2.05, 4.69) is 26.2 Å². The summed E-state index contributed by atoms with van der Waals surface area (Å²) in [5.74, 6) is -0.311. The molecule has 0 aliphatic rings. The van der Waals surface area contributed by atoms with E-state index in [9.17, 15) is 4.39 Å². The SMILES string of the molecule is CCNC(c1cc(F)ccc1Cl)c1ncccc1Br. The molecule has 19 heavy (non-hydrogen) atoms. The summed E-state index contributed by atoms with van der Waals surface area (Å²) in [6, 6.07) is 7.85. The van der Waals surface area contributed by atoms with Crippen LogP contribution in [0.4, 0.5) is 4.39 Å². The Balaban J connectivity index is 2.51. The van der Waals surface area contributed by atoms with Crippen LogP contribution < -0.4 is 5.32 Å². The van der Waals surface area contributed by atoms with Gasteiger partial charge >= 0.3 is 0 Å². The highest BCUT2D eigenvalue weighted by atomic mass is 79.9. The average molecular weight is 344 g/mol. The fraction of sp³-hybridized carbons (Fsp3) is 0.214. The molecule has 1 atom stereocenters. The third-order valence-electron chi connectivity index (χ3n) is 2.74. The lowest BCUT2D eigenvalue weighted by Crippen LogP contribution is -2.23. The van der Waals surface area contributed by atoms with Crippen molar-refractivity contribution in [2.75, 3.05) is 6.54 Å². The van der Waals surface area contributed by atoms with Crippen LogP contribution in [0.5, 0.6) is 0 Å². The zero-order chi connectivity index (χ0) is 13.8. The van der Waals surface area contributed by atoms with Gasteiger partial charge in [-0.2, -0.15) is 0 Å². The van der Waals surface area contributed by atoms with Crippen molar-refractivity contribution in [3.8, 4) is 0 Å².